The lowest BCUT2D eigenvalue weighted by atomic mass is 9.67. The molecule has 0 N–H and O–H groups in total. The maximum atomic E-state index is 12.6. The predicted octanol–water partition coefficient (Wildman–Crippen LogP) is 3.59. The monoisotopic (exact) mass is 294 g/mol. The Hall–Kier alpha value is -0.670. The number of ether oxygens (including phenoxy) is 1. The van der Waals surface area contributed by atoms with E-state index < -0.39 is 0 Å². The van der Waals surface area contributed by atoms with Crippen LogP contribution in [-0.2, 0) is 4.74 Å². The van der Waals surface area contributed by atoms with E-state index in [1.54, 1.807) is 0 Å². The molecule has 1 aliphatic carbocycles. The largest absolute Gasteiger partial charge is 0.377 e. The van der Waals surface area contributed by atoms with Crippen LogP contribution in [0, 0.1) is 5.41 Å². The van der Waals surface area contributed by atoms with Gasteiger partial charge >= 0.3 is 0 Å². The van der Waals surface area contributed by atoms with Crippen LogP contribution in [0.5, 0.6) is 0 Å². The van der Waals surface area contributed by atoms with Gasteiger partial charge in [0.1, 0.15) is 0 Å². The van der Waals surface area contributed by atoms with E-state index in [0.29, 0.717) is 12.7 Å². The minimum absolute atomic E-state index is 0.234. The molecule has 0 radical (unpaired) electrons. The second-order valence-electron chi connectivity index (χ2n) is 5.13. The van der Waals surface area contributed by atoms with E-state index in [2.05, 4.69) is 15.9 Å². The number of benzene rings is 1. The molecule has 0 aromatic heterocycles. The zero-order valence-electron chi connectivity index (χ0n) is 9.62. The van der Waals surface area contributed by atoms with Crippen LogP contribution in [0.1, 0.15) is 36.0 Å². The number of carbonyl (C=O) groups excluding carboxylic acids is 1. The molecule has 2 bridgehead atoms. The van der Waals surface area contributed by atoms with Crippen molar-refractivity contribution in [3.63, 3.8) is 0 Å². The molecule has 17 heavy (non-hydrogen) atoms. The molecule has 1 saturated carbocycles. The summed E-state index contributed by atoms with van der Waals surface area (Å²) in [6.45, 7) is 0.618. The first-order valence-corrected chi connectivity index (χ1v) is 6.91. The fourth-order valence-corrected chi connectivity index (χ4v) is 3.20. The summed E-state index contributed by atoms with van der Waals surface area (Å²) in [4.78, 5) is 12.6. The summed E-state index contributed by atoms with van der Waals surface area (Å²) in [5.41, 5.74) is 0.583. The van der Waals surface area contributed by atoms with Crippen molar-refractivity contribution in [1.82, 2.24) is 0 Å². The second kappa shape index (κ2) is 4.21. The van der Waals surface area contributed by atoms with Gasteiger partial charge in [-0.2, -0.15) is 0 Å². The van der Waals surface area contributed by atoms with E-state index in [0.717, 1.165) is 35.7 Å². The first-order valence-electron chi connectivity index (χ1n) is 6.12. The third-order valence-electron chi connectivity index (χ3n) is 4.07. The minimum Gasteiger partial charge on any atom is -0.377 e. The van der Waals surface area contributed by atoms with Crippen molar-refractivity contribution in [2.24, 2.45) is 5.41 Å². The lowest BCUT2D eigenvalue weighted by molar-refractivity contribution is -0.0960. The summed E-state index contributed by atoms with van der Waals surface area (Å²) in [5, 5.41) is 0. The van der Waals surface area contributed by atoms with Gasteiger partial charge in [0.25, 0.3) is 0 Å². The normalized spacial score (nSPS) is 31.5. The van der Waals surface area contributed by atoms with Crippen LogP contribution >= 0.6 is 15.9 Å². The summed E-state index contributed by atoms with van der Waals surface area (Å²) in [6.07, 6.45) is 4.48. The molecule has 0 unspecified atom stereocenters. The van der Waals surface area contributed by atoms with Gasteiger partial charge in [0.15, 0.2) is 5.78 Å². The van der Waals surface area contributed by atoms with Crippen molar-refractivity contribution in [3.05, 3.63) is 34.3 Å². The van der Waals surface area contributed by atoms with Gasteiger partial charge < -0.3 is 4.74 Å². The van der Waals surface area contributed by atoms with Gasteiger partial charge in [0.05, 0.1) is 18.1 Å². The fraction of sp³-hybridized carbons (Fsp3) is 0.500. The number of halogens is 1. The standard InChI is InChI=1S/C14H15BrO2/c15-11-3-1-10(2-4-11)13(16)14-7-5-12(6-8-14)17-9-14/h1-4,12H,5-9H2. The molecule has 3 aliphatic rings. The highest BCUT2D eigenvalue weighted by molar-refractivity contribution is 9.10. The molecule has 3 heteroatoms. The van der Waals surface area contributed by atoms with Gasteiger partial charge in [-0.15, -0.1) is 0 Å². The molecule has 1 aromatic rings. The summed E-state index contributed by atoms with van der Waals surface area (Å²) in [7, 11) is 0. The van der Waals surface area contributed by atoms with Crippen LogP contribution < -0.4 is 0 Å². The third-order valence-corrected chi connectivity index (χ3v) is 4.60. The predicted molar refractivity (Wildman–Crippen MR) is 69.1 cm³/mol. The molecule has 3 fully saturated rings. The average Bonchev–Trinajstić information content (AvgIpc) is 2.41. The number of carbonyl (C=O) groups is 1. The molecule has 0 amide bonds. The van der Waals surface area contributed by atoms with Crippen LogP contribution in [-0.4, -0.2) is 18.5 Å². The van der Waals surface area contributed by atoms with Crippen molar-refractivity contribution in [3.8, 4) is 0 Å². The van der Waals surface area contributed by atoms with E-state index in [1.807, 2.05) is 24.3 Å². The number of rotatable bonds is 2. The van der Waals surface area contributed by atoms with E-state index in [-0.39, 0.29) is 11.2 Å². The molecule has 90 valence electrons. The fourth-order valence-electron chi connectivity index (χ4n) is 2.93. The van der Waals surface area contributed by atoms with Crippen LogP contribution in [0.4, 0.5) is 0 Å². The lowest BCUT2D eigenvalue weighted by Crippen LogP contribution is -2.47. The van der Waals surface area contributed by atoms with Crippen molar-refractivity contribution in [2.45, 2.75) is 31.8 Å². The molecule has 2 heterocycles. The number of ketones is 1. The quantitative estimate of drug-likeness (QED) is 0.779. The molecule has 4 rings (SSSR count). The molecule has 2 aliphatic heterocycles. The Morgan fingerprint density at radius 1 is 1.24 bits per heavy atom. The zero-order chi connectivity index (χ0) is 11.9. The first-order chi connectivity index (χ1) is 8.20. The minimum atomic E-state index is -0.234. The van der Waals surface area contributed by atoms with Crippen molar-refractivity contribution < 1.29 is 9.53 Å². The average molecular weight is 295 g/mol. The van der Waals surface area contributed by atoms with Crippen molar-refractivity contribution in [1.29, 1.82) is 0 Å². The molecular weight excluding hydrogens is 280 g/mol. The SMILES string of the molecule is O=C(c1ccc(Br)cc1)C12CCC(CC1)OC2. The number of Topliss-reactive ketones (excluding diaryl/α,β-unsaturated/α-hetero) is 1. The van der Waals surface area contributed by atoms with Crippen molar-refractivity contribution >= 4 is 21.7 Å². The maximum absolute atomic E-state index is 12.6. The lowest BCUT2D eigenvalue weighted by Gasteiger charge is -2.45. The first kappa shape index (κ1) is 11.4. The molecule has 0 spiro atoms. The smallest absolute Gasteiger partial charge is 0.171 e. The molecular formula is C14H15BrO2. The highest BCUT2D eigenvalue weighted by Gasteiger charge is 2.46. The van der Waals surface area contributed by atoms with Crippen LogP contribution in [0.15, 0.2) is 28.7 Å². The van der Waals surface area contributed by atoms with Gasteiger partial charge in [0.2, 0.25) is 0 Å². The Morgan fingerprint density at radius 3 is 2.41 bits per heavy atom. The van der Waals surface area contributed by atoms with E-state index in [1.165, 1.54) is 0 Å². The Labute approximate surface area is 109 Å². The molecule has 2 nitrogen and oxygen atoms in total. The van der Waals surface area contributed by atoms with E-state index in [4.69, 9.17) is 4.74 Å². The highest BCUT2D eigenvalue weighted by Crippen LogP contribution is 2.45. The molecule has 0 atom stereocenters. The number of hydrogen-bond acceptors (Lipinski definition) is 2. The topological polar surface area (TPSA) is 26.3 Å². The zero-order valence-corrected chi connectivity index (χ0v) is 11.2. The summed E-state index contributed by atoms with van der Waals surface area (Å²) in [6, 6.07) is 7.67. The van der Waals surface area contributed by atoms with Gasteiger partial charge in [-0.1, -0.05) is 28.1 Å². The Bertz CT molecular complexity index is 416. The summed E-state index contributed by atoms with van der Waals surface area (Å²) in [5.74, 6) is 0.267. The Kier molecular flexibility index (Phi) is 2.83. The van der Waals surface area contributed by atoms with E-state index >= 15 is 0 Å². The van der Waals surface area contributed by atoms with Crippen molar-refractivity contribution in [2.75, 3.05) is 6.61 Å². The van der Waals surface area contributed by atoms with Gasteiger partial charge in [-0.3, -0.25) is 4.79 Å². The van der Waals surface area contributed by atoms with Crippen LogP contribution in [0.25, 0.3) is 0 Å². The van der Waals surface area contributed by atoms with Crippen LogP contribution in [0.2, 0.25) is 0 Å². The second-order valence-corrected chi connectivity index (χ2v) is 6.04. The van der Waals surface area contributed by atoms with Gasteiger partial charge in [-0.05, 0) is 37.8 Å². The molecule has 2 saturated heterocycles. The maximum Gasteiger partial charge on any atom is 0.171 e. The Morgan fingerprint density at radius 2 is 1.88 bits per heavy atom. The summed E-state index contributed by atoms with van der Waals surface area (Å²) < 4.78 is 6.73. The van der Waals surface area contributed by atoms with E-state index in [9.17, 15) is 4.79 Å². The Balaban J connectivity index is 1.88. The van der Waals surface area contributed by atoms with Gasteiger partial charge in [-0.25, -0.2) is 0 Å². The van der Waals surface area contributed by atoms with Gasteiger partial charge in [0, 0.05) is 10.0 Å². The number of fused-ring (bicyclic) bond motifs is 3. The third kappa shape index (κ3) is 1.95. The summed E-state index contributed by atoms with van der Waals surface area (Å²) >= 11 is 3.39. The highest BCUT2D eigenvalue weighted by atomic mass is 79.9. The van der Waals surface area contributed by atoms with Crippen LogP contribution in [0.3, 0.4) is 0 Å². The molecule has 1 aromatic carbocycles. The number of hydrogen-bond donors (Lipinski definition) is 0.